The molecule has 1 aromatic heterocycles. The zero-order valence-electron chi connectivity index (χ0n) is 15.4. The molecule has 0 spiro atoms. The summed E-state index contributed by atoms with van der Waals surface area (Å²) >= 11 is 0. The lowest BCUT2D eigenvalue weighted by atomic mass is 9.90. The van der Waals surface area contributed by atoms with Crippen LogP contribution in [0.5, 0.6) is 0 Å². The fourth-order valence-electron chi connectivity index (χ4n) is 3.16. The van der Waals surface area contributed by atoms with Gasteiger partial charge in [-0.15, -0.1) is 0 Å². The highest BCUT2D eigenvalue weighted by atomic mass is 14.8. The van der Waals surface area contributed by atoms with Crippen molar-refractivity contribution in [2.75, 3.05) is 0 Å². The summed E-state index contributed by atoms with van der Waals surface area (Å²) in [7, 11) is 0. The number of rotatable bonds is 6. The van der Waals surface area contributed by atoms with Crippen LogP contribution >= 0.6 is 0 Å². The minimum absolute atomic E-state index is 0.135. The van der Waals surface area contributed by atoms with Crippen LogP contribution in [-0.4, -0.2) is 16.7 Å². The lowest BCUT2D eigenvalue weighted by Crippen LogP contribution is -2.08. The summed E-state index contributed by atoms with van der Waals surface area (Å²) in [5.41, 5.74) is 9.99. The predicted octanol–water partition coefficient (Wildman–Crippen LogP) is 4.96. The molecule has 0 radical (unpaired) electrons. The topological polar surface area (TPSA) is 51.3 Å². The van der Waals surface area contributed by atoms with Gasteiger partial charge in [-0.2, -0.15) is 0 Å². The monoisotopic (exact) mass is 355 g/mol. The molecule has 0 bridgehead atoms. The number of pyridine rings is 1. The van der Waals surface area contributed by atoms with Crippen molar-refractivity contribution in [2.24, 2.45) is 10.7 Å². The highest BCUT2D eigenvalue weighted by molar-refractivity contribution is 6.10. The van der Waals surface area contributed by atoms with Gasteiger partial charge in [-0.05, 0) is 42.2 Å². The van der Waals surface area contributed by atoms with E-state index in [1.54, 1.807) is 12.3 Å². The minimum atomic E-state index is 0.135. The third kappa shape index (κ3) is 5.14. The number of hydrogen-bond acceptors (Lipinski definition) is 3. The molecule has 27 heavy (non-hydrogen) atoms. The molecule has 136 valence electrons. The summed E-state index contributed by atoms with van der Waals surface area (Å²) in [6.07, 6.45) is 27.9. The van der Waals surface area contributed by atoms with E-state index in [1.807, 2.05) is 30.6 Å². The molecular weight excluding hydrogens is 330 g/mol. The largest absolute Gasteiger partial charge is 0.404 e. The molecule has 1 heterocycles. The van der Waals surface area contributed by atoms with E-state index in [4.69, 9.17) is 10.7 Å². The van der Waals surface area contributed by atoms with Crippen LogP contribution in [0.2, 0.25) is 0 Å². The van der Waals surface area contributed by atoms with Crippen LogP contribution in [0.3, 0.4) is 0 Å². The standard InChI is InChI=1S/C24H25N3/c1-2-24(27-23-9-4-3-5-10-23)22(18-25)12-11-19-7-6-8-21(17-19)20-13-15-26-16-14-20/h2-7,9,11-18,21,23H,1,8,10,25H2/b12-11+,22-18?,27-24?/t21?,23-/m0/s1. The first kappa shape index (κ1) is 18.6. The summed E-state index contributed by atoms with van der Waals surface area (Å²) in [4.78, 5) is 8.87. The molecule has 0 amide bonds. The fraction of sp³-hybridized carbons (Fsp3) is 0.167. The zero-order chi connectivity index (χ0) is 18.9. The maximum atomic E-state index is 5.87. The molecule has 1 unspecified atom stereocenters. The molecule has 0 fully saturated rings. The van der Waals surface area contributed by atoms with Gasteiger partial charge in [0.15, 0.2) is 0 Å². The maximum Gasteiger partial charge on any atom is 0.0724 e. The molecule has 1 aromatic rings. The Bertz CT molecular complexity index is 864. The molecule has 3 heteroatoms. The number of nitrogens with two attached hydrogens (primary N) is 1. The first-order chi connectivity index (χ1) is 13.3. The quantitative estimate of drug-likeness (QED) is 0.579. The highest BCUT2D eigenvalue weighted by Crippen LogP contribution is 2.27. The molecule has 2 N–H and O–H groups in total. The van der Waals surface area contributed by atoms with E-state index in [0.29, 0.717) is 5.92 Å². The molecule has 0 aromatic carbocycles. The smallest absolute Gasteiger partial charge is 0.0724 e. The molecule has 0 saturated heterocycles. The maximum absolute atomic E-state index is 5.87. The normalized spacial score (nSPS) is 22.9. The van der Waals surface area contributed by atoms with E-state index in [2.05, 4.69) is 60.2 Å². The van der Waals surface area contributed by atoms with E-state index in [1.165, 1.54) is 5.56 Å². The molecule has 2 aliphatic rings. The lowest BCUT2D eigenvalue weighted by Gasteiger charge is -2.15. The Labute approximate surface area is 161 Å². The Hall–Kier alpha value is -3.20. The van der Waals surface area contributed by atoms with Crippen molar-refractivity contribution < 1.29 is 0 Å². The predicted molar refractivity (Wildman–Crippen MR) is 115 cm³/mol. The second-order valence-electron chi connectivity index (χ2n) is 6.48. The number of aliphatic imine (C=N–C) groups is 1. The Morgan fingerprint density at radius 2 is 2.04 bits per heavy atom. The van der Waals surface area contributed by atoms with E-state index < -0.39 is 0 Å². The summed E-state index contributed by atoms with van der Waals surface area (Å²) in [6, 6.07) is 4.28. The number of allylic oxidation sites excluding steroid dienone is 10. The molecule has 0 saturated carbocycles. The number of hydrogen-bond donors (Lipinski definition) is 1. The van der Waals surface area contributed by atoms with Gasteiger partial charge in [0.05, 0.1) is 11.8 Å². The van der Waals surface area contributed by atoms with Crippen molar-refractivity contribution in [3.05, 3.63) is 115 Å². The van der Waals surface area contributed by atoms with Gasteiger partial charge < -0.3 is 5.73 Å². The fourth-order valence-corrected chi connectivity index (χ4v) is 3.16. The first-order valence-electron chi connectivity index (χ1n) is 9.22. The van der Waals surface area contributed by atoms with Gasteiger partial charge >= 0.3 is 0 Å². The SMILES string of the molecule is C=CC(=N[C@H]1C=CC=CC1)C(=CN)/C=C/C1=CC(c2ccncc2)CC=C1. The van der Waals surface area contributed by atoms with Crippen molar-refractivity contribution in [3.63, 3.8) is 0 Å². The number of nitrogens with zero attached hydrogens (tertiary/aromatic N) is 2. The Kier molecular flexibility index (Phi) is 6.53. The van der Waals surface area contributed by atoms with Gasteiger partial charge in [-0.25, -0.2) is 0 Å². The van der Waals surface area contributed by atoms with Gasteiger partial charge in [-0.1, -0.05) is 61.3 Å². The molecule has 2 aliphatic carbocycles. The molecular formula is C24H25N3. The average molecular weight is 355 g/mol. The molecule has 3 rings (SSSR count). The van der Waals surface area contributed by atoms with Gasteiger partial charge in [0.25, 0.3) is 0 Å². The van der Waals surface area contributed by atoms with E-state index in [-0.39, 0.29) is 6.04 Å². The Balaban J connectivity index is 1.76. The molecule has 3 nitrogen and oxygen atoms in total. The first-order valence-corrected chi connectivity index (χ1v) is 9.22. The molecule has 0 aliphatic heterocycles. The zero-order valence-corrected chi connectivity index (χ0v) is 15.4. The van der Waals surface area contributed by atoms with E-state index >= 15 is 0 Å². The van der Waals surface area contributed by atoms with Crippen LogP contribution in [0.1, 0.15) is 24.3 Å². The van der Waals surface area contributed by atoms with Crippen LogP contribution in [0.15, 0.2) is 114 Å². The minimum Gasteiger partial charge on any atom is -0.404 e. The summed E-state index contributed by atoms with van der Waals surface area (Å²) in [6.45, 7) is 3.90. The second kappa shape index (κ2) is 9.48. The van der Waals surface area contributed by atoms with Gasteiger partial charge in [-0.3, -0.25) is 9.98 Å². The van der Waals surface area contributed by atoms with Crippen molar-refractivity contribution in [2.45, 2.75) is 24.8 Å². The van der Waals surface area contributed by atoms with Crippen LogP contribution in [0.4, 0.5) is 0 Å². The van der Waals surface area contributed by atoms with Gasteiger partial charge in [0.1, 0.15) is 0 Å². The van der Waals surface area contributed by atoms with E-state index in [9.17, 15) is 0 Å². The third-order valence-corrected chi connectivity index (χ3v) is 4.62. The average Bonchev–Trinajstić information content (AvgIpc) is 2.75. The van der Waals surface area contributed by atoms with Gasteiger partial charge in [0.2, 0.25) is 0 Å². The van der Waals surface area contributed by atoms with Crippen molar-refractivity contribution in [1.29, 1.82) is 0 Å². The lowest BCUT2D eigenvalue weighted by molar-refractivity contribution is 0.828. The summed E-state index contributed by atoms with van der Waals surface area (Å²) in [5, 5.41) is 0. The van der Waals surface area contributed by atoms with E-state index in [0.717, 1.165) is 29.7 Å². The second-order valence-corrected chi connectivity index (χ2v) is 6.48. The Morgan fingerprint density at radius 3 is 2.74 bits per heavy atom. The van der Waals surface area contributed by atoms with Crippen molar-refractivity contribution in [1.82, 2.24) is 4.98 Å². The van der Waals surface area contributed by atoms with Crippen LogP contribution in [0.25, 0.3) is 0 Å². The van der Waals surface area contributed by atoms with Crippen LogP contribution in [-0.2, 0) is 0 Å². The van der Waals surface area contributed by atoms with Crippen molar-refractivity contribution in [3.8, 4) is 0 Å². The van der Waals surface area contributed by atoms with Crippen LogP contribution in [0, 0.1) is 0 Å². The number of aromatic nitrogens is 1. The molecule has 2 atom stereocenters. The van der Waals surface area contributed by atoms with Crippen LogP contribution < -0.4 is 5.73 Å². The Morgan fingerprint density at radius 1 is 1.19 bits per heavy atom. The summed E-state index contributed by atoms with van der Waals surface area (Å²) in [5.74, 6) is 0.370. The third-order valence-electron chi connectivity index (χ3n) is 4.62. The van der Waals surface area contributed by atoms with Gasteiger partial charge in [0, 0.05) is 30.1 Å². The summed E-state index contributed by atoms with van der Waals surface area (Å²) < 4.78 is 0. The highest BCUT2D eigenvalue weighted by Gasteiger charge is 2.11. The van der Waals surface area contributed by atoms with Crippen molar-refractivity contribution >= 4 is 5.71 Å².